The van der Waals surface area contributed by atoms with Crippen molar-refractivity contribution in [1.82, 2.24) is 30.4 Å². The first kappa shape index (κ1) is 26.5. The van der Waals surface area contributed by atoms with Gasteiger partial charge in [-0.2, -0.15) is 0 Å². The average Bonchev–Trinajstić information content (AvgIpc) is 3.47. The molecule has 37 heavy (non-hydrogen) atoms. The van der Waals surface area contributed by atoms with Crippen LogP contribution in [0.3, 0.4) is 0 Å². The molecule has 3 aromatic rings. The quantitative estimate of drug-likeness (QED) is 0.449. The summed E-state index contributed by atoms with van der Waals surface area (Å²) in [6, 6.07) is 15.6. The Labute approximate surface area is 218 Å². The van der Waals surface area contributed by atoms with E-state index in [0.717, 1.165) is 35.1 Å². The minimum absolute atomic E-state index is 0.00867. The van der Waals surface area contributed by atoms with Gasteiger partial charge in [0.1, 0.15) is 6.04 Å². The summed E-state index contributed by atoms with van der Waals surface area (Å²) in [7, 11) is 0. The Kier molecular flexibility index (Phi) is 9.00. The lowest BCUT2D eigenvalue weighted by Gasteiger charge is -2.38. The summed E-state index contributed by atoms with van der Waals surface area (Å²) in [4.78, 5) is 30.6. The largest absolute Gasteiger partial charge is 0.378 e. The van der Waals surface area contributed by atoms with Crippen molar-refractivity contribution in [1.29, 1.82) is 0 Å². The summed E-state index contributed by atoms with van der Waals surface area (Å²) in [6.45, 7) is 8.68. The van der Waals surface area contributed by atoms with Gasteiger partial charge in [0.25, 0.3) is 0 Å². The van der Waals surface area contributed by atoms with Gasteiger partial charge >= 0.3 is 0 Å². The van der Waals surface area contributed by atoms with Gasteiger partial charge in [-0.05, 0) is 39.5 Å². The molecule has 196 valence electrons. The number of H-pyrrole nitrogens is 1. The summed E-state index contributed by atoms with van der Waals surface area (Å²) in [5.74, 6) is 0.625. The van der Waals surface area contributed by atoms with Crippen LogP contribution in [0.25, 0.3) is 22.5 Å². The minimum atomic E-state index is -0.512. The maximum absolute atomic E-state index is 13.6. The zero-order valence-electron chi connectivity index (χ0n) is 21.9. The molecule has 0 aliphatic carbocycles. The fourth-order valence-corrected chi connectivity index (χ4v) is 4.76. The number of aromatic nitrogens is 4. The van der Waals surface area contributed by atoms with Crippen LogP contribution in [0.15, 0.2) is 48.5 Å². The molecule has 1 aromatic heterocycles. The summed E-state index contributed by atoms with van der Waals surface area (Å²) in [5.41, 5.74) is 3.91. The van der Waals surface area contributed by atoms with E-state index >= 15 is 0 Å². The third-order valence-electron chi connectivity index (χ3n) is 6.75. The van der Waals surface area contributed by atoms with Crippen molar-refractivity contribution in [2.45, 2.75) is 52.6 Å². The van der Waals surface area contributed by atoms with Gasteiger partial charge in [0, 0.05) is 31.6 Å². The van der Waals surface area contributed by atoms with Crippen molar-refractivity contribution in [3.8, 4) is 22.5 Å². The van der Waals surface area contributed by atoms with Gasteiger partial charge < -0.3 is 14.5 Å². The van der Waals surface area contributed by atoms with E-state index in [0.29, 0.717) is 45.1 Å². The second kappa shape index (κ2) is 12.6. The average molecular weight is 505 g/mol. The number of tetrazole rings is 1. The highest BCUT2D eigenvalue weighted by atomic mass is 16.5. The number of morpholine rings is 1. The Balaban J connectivity index is 1.59. The first-order valence-electron chi connectivity index (χ1n) is 13.1. The first-order chi connectivity index (χ1) is 18.0. The van der Waals surface area contributed by atoms with Crippen LogP contribution < -0.4 is 0 Å². The van der Waals surface area contributed by atoms with E-state index in [1.807, 2.05) is 67.3 Å². The molecule has 0 unspecified atom stereocenters. The highest BCUT2D eigenvalue weighted by molar-refractivity contribution is 5.88. The SMILES string of the molecule is CCCCC(=O)N(Cc1ccc(-c2ccccc2-c2nnn[nH]2)cc1)[C@H](C(=O)N1CCOCC1)C(C)C. The Hall–Kier alpha value is -3.59. The second-order valence-electron chi connectivity index (χ2n) is 9.74. The molecule has 2 amide bonds. The van der Waals surface area contributed by atoms with Crippen LogP contribution in [-0.2, 0) is 20.9 Å². The fourth-order valence-electron chi connectivity index (χ4n) is 4.76. The molecule has 0 radical (unpaired) electrons. The number of rotatable bonds is 10. The third-order valence-corrected chi connectivity index (χ3v) is 6.75. The monoisotopic (exact) mass is 504 g/mol. The Bertz CT molecular complexity index is 1160. The zero-order chi connectivity index (χ0) is 26.2. The number of carbonyl (C=O) groups excluding carboxylic acids is 2. The number of hydrogen-bond acceptors (Lipinski definition) is 6. The highest BCUT2D eigenvalue weighted by Gasteiger charge is 2.35. The second-order valence-corrected chi connectivity index (χ2v) is 9.74. The predicted octanol–water partition coefficient (Wildman–Crippen LogP) is 3.94. The maximum Gasteiger partial charge on any atom is 0.245 e. The molecular formula is C28H36N6O3. The highest BCUT2D eigenvalue weighted by Crippen LogP contribution is 2.30. The lowest BCUT2D eigenvalue weighted by Crippen LogP contribution is -2.55. The smallest absolute Gasteiger partial charge is 0.245 e. The van der Waals surface area contributed by atoms with E-state index in [1.54, 1.807) is 4.90 Å². The third kappa shape index (κ3) is 6.40. The van der Waals surface area contributed by atoms with Gasteiger partial charge in [-0.1, -0.05) is 75.7 Å². The van der Waals surface area contributed by atoms with Gasteiger partial charge in [0.05, 0.1) is 13.2 Å². The number of carbonyl (C=O) groups is 2. The molecule has 1 saturated heterocycles. The van der Waals surface area contributed by atoms with E-state index in [-0.39, 0.29) is 17.7 Å². The standard InChI is InChI=1S/C28H36N6O3/c1-4-5-10-25(35)34(26(20(2)3)28(36)33-15-17-37-18-16-33)19-21-11-13-22(14-12-21)23-8-6-7-9-24(23)27-29-31-32-30-27/h6-9,11-14,20,26H,4-5,10,15-19H2,1-3H3,(H,29,30,31,32)/t26-/m0/s1. The minimum Gasteiger partial charge on any atom is -0.378 e. The zero-order valence-corrected chi connectivity index (χ0v) is 21.9. The van der Waals surface area contributed by atoms with E-state index in [2.05, 4.69) is 27.5 Å². The number of benzene rings is 2. The lowest BCUT2D eigenvalue weighted by atomic mass is 9.96. The number of nitrogens with zero attached hydrogens (tertiary/aromatic N) is 5. The summed E-state index contributed by atoms with van der Waals surface area (Å²) >= 11 is 0. The van der Waals surface area contributed by atoms with Crippen LogP contribution in [0.2, 0.25) is 0 Å². The van der Waals surface area contributed by atoms with E-state index < -0.39 is 6.04 Å². The van der Waals surface area contributed by atoms with Crippen LogP contribution in [0, 0.1) is 5.92 Å². The Morgan fingerprint density at radius 3 is 2.38 bits per heavy atom. The molecular weight excluding hydrogens is 468 g/mol. The van der Waals surface area contributed by atoms with Crippen molar-refractivity contribution in [3.63, 3.8) is 0 Å². The van der Waals surface area contributed by atoms with Gasteiger partial charge in [0.2, 0.25) is 11.8 Å². The normalized spacial score (nSPS) is 14.5. The van der Waals surface area contributed by atoms with E-state index in [1.165, 1.54) is 0 Å². The van der Waals surface area contributed by atoms with Crippen molar-refractivity contribution in [2.24, 2.45) is 5.92 Å². The van der Waals surface area contributed by atoms with Crippen molar-refractivity contribution < 1.29 is 14.3 Å². The van der Waals surface area contributed by atoms with Gasteiger partial charge in [0.15, 0.2) is 5.82 Å². The number of hydrogen-bond donors (Lipinski definition) is 1. The molecule has 1 fully saturated rings. The molecule has 2 heterocycles. The number of ether oxygens (including phenoxy) is 1. The van der Waals surface area contributed by atoms with Crippen molar-refractivity contribution >= 4 is 11.8 Å². The molecule has 2 aromatic carbocycles. The van der Waals surface area contributed by atoms with Crippen molar-refractivity contribution in [3.05, 3.63) is 54.1 Å². The van der Waals surface area contributed by atoms with Crippen molar-refractivity contribution in [2.75, 3.05) is 26.3 Å². The first-order valence-corrected chi connectivity index (χ1v) is 13.1. The van der Waals surface area contributed by atoms with Crippen LogP contribution in [0.5, 0.6) is 0 Å². The van der Waals surface area contributed by atoms with Crippen LogP contribution in [-0.4, -0.2) is 74.6 Å². The molecule has 1 aliphatic rings. The van der Waals surface area contributed by atoms with Crippen LogP contribution in [0.4, 0.5) is 0 Å². The topological polar surface area (TPSA) is 104 Å². The molecule has 0 saturated carbocycles. The van der Waals surface area contributed by atoms with Crippen LogP contribution >= 0.6 is 0 Å². The number of nitrogens with one attached hydrogen (secondary N) is 1. The Morgan fingerprint density at radius 1 is 1.05 bits per heavy atom. The Morgan fingerprint density at radius 2 is 1.76 bits per heavy atom. The molecule has 1 atom stereocenters. The molecule has 0 bridgehead atoms. The maximum atomic E-state index is 13.6. The van der Waals surface area contributed by atoms with Gasteiger partial charge in [-0.25, -0.2) is 5.10 Å². The number of amides is 2. The summed E-state index contributed by atoms with van der Waals surface area (Å²) in [5, 5.41) is 14.3. The van der Waals surface area contributed by atoms with Gasteiger partial charge in [-0.15, -0.1) is 5.10 Å². The molecule has 4 rings (SSSR count). The predicted molar refractivity (Wildman–Crippen MR) is 141 cm³/mol. The molecule has 1 aliphatic heterocycles. The molecule has 1 N–H and O–H groups in total. The molecule has 9 nitrogen and oxygen atoms in total. The van der Waals surface area contributed by atoms with Gasteiger partial charge in [-0.3, -0.25) is 9.59 Å². The number of unbranched alkanes of at least 4 members (excludes halogenated alkanes) is 1. The summed E-state index contributed by atoms with van der Waals surface area (Å²) in [6.07, 6.45) is 2.17. The van der Waals surface area contributed by atoms with E-state index in [4.69, 9.17) is 4.74 Å². The molecule has 9 heteroatoms. The number of aromatic amines is 1. The molecule has 0 spiro atoms. The van der Waals surface area contributed by atoms with E-state index in [9.17, 15) is 9.59 Å². The fraction of sp³-hybridized carbons (Fsp3) is 0.464. The summed E-state index contributed by atoms with van der Waals surface area (Å²) < 4.78 is 5.44. The lowest BCUT2D eigenvalue weighted by molar-refractivity contribution is -0.151. The van der Waals surface area contributed by atoms with Crippen LogP contribution in [0.1, 0.15) is 45.6 Å².